The van der Waals surface area contributed by atoms with Crippen molar-refractivity contribution in [2.24, 2.45) is 0 Å². The monoisotopic (exact) mass is 2640 g/mol. The molecule has 16 heterocycles. The van der Waals surface area contributed by atoms with Crippen LogP contribution in [0.3, 0.4) is 0 Å². The van der Waals surface area contributed by atoms with Gasteiger partial charge in [-0.1, -0.05) is 89.0 Å². The van der Waals surface area contributed by atoms with E-state index in [-0.39, 0.29) is 144 Å². The molecule has 32 nitrogen and oxygen atoms in total. The molecule has 0 radical (unpaired) electrons. The van der Waals surface area contributed by atoms with Crippen LogP contribution >= 0.6 is 0 Å². The first-order valence-corrected chi connectivity index (χ1v) is 44.0. The van der Waals surface area contributed by atoms with Crippen LogP contribution in [0.25, 0.3) is 44.5 Å². The molecule has 32 rings (SSSR count). The molecule has 0 bridgehead atoms. The normalized spacial score (nSPS) is 37.4. The third-order valence-corrected chi connectivity index (χ3v) is 29.2. The van der Waals surface area contributed by atoms with E-state index < -0.39 is 92.6 Å². The number of benzene rings is 8. The fourth-order valence-electron chi connectivity index (χ4n) is 25.3. The molecule has 0 atom stereocenters. The van der Waals surface area contributed by atoms with Gasteiger partial charge in [0, 0.05) is 0 Å². The summed E-state index contributed by atoms with van der Waals surface area (Å²) in [5.41, 5.74) is 19.7. The first-order chi connectivity index (χ1) is 63.1. The Balaban J connectivity index is 0.000000125. The van der Waals surface area contributed by atoms with Gasteiger partial charge in [-0.2, -0.15) is 146 Å². The Bertz CT molecular complexity index is 4540. The summed E-state index contributed by atoms with van der Waals surface area (Å²) >= 11 is 0. The van der Waals surface area contributed by atoms with E-state index in [1.54, 1.807) is 0 Å². The summed E-state index contributed by atoms with van der Waals surface area (Å²) < 4.78 is 204. The van der Waals surface area contributed by atoms with Crippen LogP contribution in [0.4, 0.5) is 0 Å². The Morgan fingerprint density at radius 1 is 0.107 bits per heavy atom. The molecule has 0 aromatic heterocycles. The maximum Gasteiger partial charge on any atom is 4.00 e. The van der Waals surface area contributed by atoms with Gasteiger partial charge in [0.05, 0.1) is 211 Å². The Morgan fingerprint density at radius 3 is 0.207 bits per heavy atom. The molecule has 0 spiro atoms. The van der Waals surface area contributed by atoms with Gasteiger partial charge in [0.25, 0.3) is 0 Å². The molecular weight excluding hydrogens is 2540 g/mol. The minimum Gasteiger partial charge on any atom is -0.358 e. The summed E-state index contributed by atoms with van der Waals surface area (Å²) in [5, 5.41) is 0. The molecule has 16 fully saturated rings. The molecular formula is C104H104O32Pt4. The molecule has 24 aliphatic rings. The topological polar surface area (TPSA) is 295 Å². The van der Waals surface area contributed by atoms with Gasteiger partial charge in [-0.3, -0.25) is 0 Å². The zero-order valence-corrected chi connectivity index (χ0v) is 87.3. The molecule has 0 N–H and O–H groups in total. The van der Waals surface area contributed by atoms with E-state index >= 15 is 0 Å². The van der Waals surface area contributed by atoms with E-state index in [2.05, 4.69) is 48.5 Å². The summed E-state index contributed by atoms with van der Waals surface area (Å²) in [6, 6.07) is 56.3. The van der Waals surface area contributed by atoms with Crippen LogP contribution in [0.2, 0.25) is 0 Å². The first kappa shape index (κ1) is 107. The van der Waals surface area contributed by atoms with E-state index in [1.165, 1.54) is 0 Å². The Labute approximate surface area is 871 Å². The van der Waals surface area contributed by atoms with E-state index in [4.69, 9.17) is 152 Å². The van der Waals surface area contributed by atoms with Crippen molar-refractivity contribution in [1.82, 2.24) is 0 Å². The molecule has 16 saturated heterocycles. The van der Waals surface area contributed by atoms with Crippen LogP contribution in [0.5, 0.6) is 0 Å². The van der Waals surface area contributed by atoms with E-state index in [1.807, 2.05) is 97.1 Å². The fraction of sp³-hybridized carbons (Fsp3) is 0.462. The molecule has 752 valence electrons. The van der Waals surface area contributed by atoms with Crippen molar-refractivity contribution >= 4 is 0 Å². The standard InChI is InChI=1S/4C24H20O8.8CH3.4Pt/c4*1-3-15-19-16(4-1)22-24(31-13-9-27-22,32-14-10-28-22)18-6-2-5-17(20(18)19)23-21(15,25-7-11-29-23)26-8-12-30-23;;;;;;;;;;;;/h4*3-6H,7-14H2;8*1H3;;;;/q4*-2;8*-1;4*+4. The zero-order chi connectivity index (χ0) is 84.1. The second kappa shape index (κ2) is 37.8. The van der Waals surface area contributed by atoms with Crippen LogP contribution in [0, 0.1) is 108 Å². The SMILES string of the molecule is [CH3-].[CH3-].[CH3-].[CH3-].[CH3-].[CH3-].[CH3-].[CH3-].[Pt+4].[Pt+4].[Pt+4].[Pt+4].[c-]1cc2c3c(c1)C14OCCOC1(OCCO4)c1c[c-]cc(c1-3)C13OCCOC21OCCO3.[c-]1cc2c3c(c1)C14OCCOC1(OCCO4)c1c[c-]cc(c1-3)C13OCCOC21OCCO3.[c-]1cc2c3c(c1)C14OCCOC1(OCCO4)c1c[c-]cc(c1-3)C13OCCOC21OCCO3.[c-]1cc2c3c(c1)C14OCCOC1(OCCO4)c1c[c-]cc(c1-3)C13OCCOC21OCCO3. The van der Waals surface area contributed by atoms with Crippen molar-refractivity contribution in [2.75, 3.05) is 211 Å². The van der Waals surface area contributed by atoms with Crippen LogP contribution in [0.1, 0.15) is 89.0 Å². The van der Waals surface area contributed by atoms with Gasteiger partial charge < -0.3 is 211 Å². The Kier molecular flexibility index (Phi) is 28.7. The van der Waals surface area contributed by atoms with E-state index in [0.29, 0.717) is 211 Å². The van der Waals surface area contributed by atoms with E-state index in [0.717, 1.165) is 134 Å². The van der Waals surface area contributed by atoms with Crippen LogP contribution in [0.15, 0.2) is 97.1 Å². The summed E-state index contributed by atoms with van der Waals surface area (Å²) in [6.07, 6.45) is 0. The Morgan fingerprint density at radius 2 is 0.157 bits per heavy atom. The van der Waals surface area contributed by atoms with Gasteiger partial charge in [-0.05, 0) is 0 Å². The number of rotatable bonds is 0. The van der Waals surface area contributed by atoms with Gasteiger partial charge in [0.15, 0.2) is 92.6 Å². The molecule has 0 saturated carbocycles. The van der Waals surface area contributed by atoms with Crippen molar-refractivity contribution in [3.63, 3.8) is 0 Å². The molecule has 16 aliphatic heterocycles. The molecule has 8 aromatic rings. The predicted molar refractivity (Wildman–Crippen MR) is 467 cm³/mol. The Hall–Kier alpha value is -4.77. The minimum atomic E-state index is -1.27. The maximum absolute atomic E-state index is 6.38. The maximum atomic E-state index is 6.38. The second-order valence-corrected chi connectivity index (χ2v) is 34.3. The van der Waals surface area contributed by atoms with Gasteiger partial charge in [0.1, 0.15) is 0 Å². The van der Waals surface area contributed by atoms with Crippen molar-refractivity contribution in [3.8, 4) is 44.5 Å². The quantitative estimate of drug-likeness (QED) is 0.127. The van der Waals surface area contributed by atoms with Gasteiger partial charge in [-0.15, -0.1) is 44.5 Å². The van der Waals surface area contributed by atoms with Gasteiger partial charge in [0.2, 0.25) is 0 Å². The first-order valence-electron chi connectivity index (χ1n) is 44.0. The summed E-state index contributed by atoms with van der Waals surface area (Å²) in [6.45, 7) is 12.1. The van der Waals surface area contributed by atoms with E-state index in [9.17, 15) is 0 Å². The molecule has 0 amide bonds. The number of hydrogen-bond acceptors (Lipinski definition) is 32. The average Bonchev–Trinajstić information content (AvgIpc) is 0.663. The summed E-state index contributed by atoms with van der Waals surface area (Å²) in [4.78, 5) is 0. The van der Waals surface area contributed by atoms with Gasteiger partial charge in [-0.25, -0.2) is 0 Å². The third-order valence-electron chi connectivity index (χ3n) is 29.2. The van der Waals surface area contributed by atoms with Gasteiger partial charge >= 0.3 is 84.3 Å². The third kappa shape index (κ3) is 12.3. The molecule has 0 unspecified atom stereocenters. The number of ether oxygens (including phenoxy) is 32. The fourth-order valence-corrected chi connectivity index (χ4v) is 25.3. The smallest absolute Gasteiger partial charge is 0.358 e. The van der Waals surface area contributed by atoms with Crippen molar-refractivity contribution < 1.29 is 236 Å². The second-order valence-electron chi connectivity index (χ2n) is 34.3. The van der Waals surface area contributed by atoms with Crippen molar-refractivity contribution in [2.45, 2.75) is 92.6 Å². The van der Waals surface area contributed by atoms with Crippen LogP contribution in [-0.4, -0.2) is 211 Å². The predicted octanol–water partition coefficient (Wildman–Crippen LogP) is 10.7. The summed E-state index contributed by atoms with van der Waals surface area (Å²) in [7, 11) is 0. The minimum absolute atomic E-state index is 0. The van der Waals surface area contributed by atoms with Crippen molar-refractivity contribution in [3.05, 3.63) is 294 Å². The van der Waals surface area contributed by atoms with Crippen LogP contribution in [-0.2, 0) is 328 Å². The van der Waals surface area contributed by atoms with Crippen molar-refractivity contribution in [1.29, 1.82) is 0 Å². The van der Waals surface area contributed by atoms with Crippen LogP contribution < -0.4 is 0 Å². The molecule has 8 aromatic carbocycles. The summed E-state index contributed by atoms with van der Waals surface area (Å²) in [5.74, 6) is -20.3. The number of hydrogen-bond donors (Lipinski definition) is 0. The molecule has 140 heavy (non-hydrogen) atoms. The average molecular weight is 2650 g/mol. The molecule has 36 heteroatoms. The largest absolute Gasteiger partial charge is 4.00 e. The zero-order valence-electron chi connectivity index (χ0n) is 78.2. The molecule has 8 aliphatic carbocycles.